The van der Waals surface area contributed by atoms with Gasteiger partial charge in [-0.15, -0.1) is 0 Å². The Morgan fingerprint density at radius 2 is 2.05 bits per heavy atom. The highest BCUT2D eigenvalue weighted by Crippen LogP contribution is 2.36. The van der Waals surface area contributed by atoms with E-state index in [1.54, 1.807) is 0 Å². The van der Waals surface area contributed by atoms with Gasteiger partial charge in [0, 0.05) is 12.5 Å². The van der Waals surface area contributed by atoms with Crippen molar-refractivity contribution in [3.63, 3.8) is 0 Å². The Morgan fingerprint density at radius 3 is 2.79 bits per heavy atom. The van der Waals surface area contributed by atoms with Gasteiger partial charge in [0.25, 0.3) is 0 Å². The van der Waals surface area contributed by atoms with Crippen molar-refractivity contribution in [2.45, 2.75) is 18.9 Å². The summed E-state index contributed by atoms with van der Waals surface area (Å²) in [5.41, 5.74) is 9.60. The highest BCUT2D eigenvalue weighted by atomic mass is 79.9. The SMILES string of the molecule is NCc1ccc(OCC2Cc3ccccc32)c(Br)c1. The smallest absolute Gasteiger partial charge is 0.133 e. The first kappa shape index (κ1) is 12.7. The maximum Gasteiger partial charge on any atom is 0.133 e. The minimum absolute atomic E-state index is 0.525. The normalized spacial score (nSPS) is 16.6. The second-order valence-electron chi connectivity index (χ2n) is 4.88. The van der Waals surface area contributed by atoms with Crippen molar-refractivity contribution in [1.82, 2.24) is 0 Å². The van der Waals surface area contributed by atoms with E-state index in [-0.39, 0.29) is 0 Å². The molecule has 1 atom stereocenters. The zero-order valence-corrected chi connectivity index (χ0v) is 12.2. The van der Waals surface area contributed by atoms with Crippen LogP contribution in [0, 0.1) is 0 Å². The molecule has 0 aliphatic heterocycles. The Balaban J connectivity index is 1.65. The number of hydrogen-bond acceptors (Lipinski definition) is 2. The fourth-order valence-electron chi connectivity index (χ4n) is 2.49. The van der Waals surface area contributed by atoms with Gasteiger partial charge in [-0.25, -0.2) is 0 Å². The summed E-state index contributed by atoms with van der Waals surface area (Å²) in [7, 11) is 0. The topological polar surface area (TPSA) is 35.2 Å². The average molecular weight is 318 g/mol. The summed E-state index contributed by atoms with van der Waals surface area (Å²) in [5.74, 6) is 1.42. The molecule has 0 spiro atoms. The third kappa shape index (κ3) is 2.53. The van der Waals surface area contributed by atoms with E-state index < -0.39 is 0 Å². The average Bonchev–Trinajstić information content (AvgIpc) is 2.41. The van der Waals surface area contributed by atoms with Gasteiger partial charge in [-0.3, -0.25) is 0 Å². The summed E-state index contributed by atoms with van der Waals surface area (Å²) in [5, 5.41) is 0. The van der Waals surface area contributed by atoms with Gasteiger partial charge in [-0.1, -0.05) is 30.3 Å². The van der Waals surface area contributed by atoms with E-state index in [1.807, 2.05) is 18.2 Å². The van der Waals surface area contributed by atoms with Gasteiger partial charge in [0.15, 0.2) is 0 Å². The van der Waals surface area contributed by atoms with Crippen LogP contribution in [0.3, 0.4) is 0 Å². The van der Waals surface area contributed by atoms with Crippen LogP contribution in [0.25, 0.3) is 0 Å². The van der Waals surface area contributed by atoms with E-state index in [0.717, 1.165) is 28.8 Å². The third-order valence-corrected chi connectivity index (χ3v) is 4.25. The molecule has 2 N–H and O–H groups in total. The quantitative estimate of drug-likeness (QED) is 0.934. The summed E-state index contributed by atoms with van der Waals surface area (Å²) in [6, 6.07) is 14.6. The summed E-state index contributed by atoms with van der Waals surface area (Å²) < 4.78 is 6.88. The molecule has 0 aromatic heterocycles. The lowest BCUT2D eigenvalue weighted by Gasteiger charge is -2.30. The molecule has 1 unspecified atom stereocenters. The molecule has 2 aromatic carbocycles. The van der Waals surface area contributed by atoms with E-state index >= 15 is 0 Å². The molecule has 0 fully saturated rings. The van der Waals surface area contributed by atoms with Crippen LogP contribution in [0.4, 0.5) is 0 Å². The van der Waals surface area contributed by atoms with E-state index in [1.165, 1.54) is 11.1 Å². The fourth-order valence-corrected chi connectivity index (χ4v) is 3.03. The zero-order valence-electron chi connectivity index (χ0n) is 10.6. The second-order valence-corrected chi connectivity index (χ2v) is 5.73. The molecule has 98 valence electrons. The van der Waals surface area contributed by atoms with Crippen LogP contribution < -0.4 is 10.5 Å². The highest BCUT2D eigenvalue weighted by Gasteiger charge is 2.25. The van der Waals surface area contributed by atoms with Gasteiger partial charge in [0.1, 0.15) is 5.75 Å². The Hall–Kier alpha value is -1.32. The molecule has 3 rings (SSSR count). The molecule has 1 aliphatic rings. The first-order chi connectivity index (χ1) is 9.28. The van der Waals surface area contributed by atoms with Crippen molar-refractivity contribution in [3.05, 3.63) is 63.6 Å². The predicted molar refractivity (Wildman–Crippen MR) is 80.4 cm³/mol. The standard InChI is InChI=1S/C16H16BrNO/c17-15-7-11(9-18)5-6-16(15)19-10-13-8-12-3-1-2-4-14(12)13/h1-7,13H,8-10,18H2. The Kier molecular flexibility index (Phi) is 3.58. The van der Waals surface area contributed by atoms with Gasteiger partial charge in [-0.05, 0) is 51.2 Å². The molecule has 0 heterocycles. The van der Waals surface area contributed by atoms with E-state index in [2.05, 4.69) is 40.2 Å². The van der Waals surface area contributed by atoms with Gasteiger partial charge in [0.05, 0.1) is 11.1 Å². The molecule has 19 heavy (non-hydrogen) atoms. The highest BCUT2D eigenvalue weighted by molar-refractivity contribution is 9.10. The first-order valence-electron chi connectivity index (χ1n) is 6.47. The monoisotopic (exact) mass is 317 g/mol. The van der Waals surface area contributed by atoms with Crippen molar-refractivity contribution >= 4 is 15.9 Å². The van der Waals surface area contributed by atoms with Crippen LogP contribution >= 0.6 is 15.9 Å². The van der Waals surface area contributed by atoms with Gasteiger partial charge in [-0.2, -0.15) is 0 Å². The van der Waals surface area contributed by atoms with Crippen molar-refractivity contribution in [1.29, 1.82) is 0 Å². The maximum atomic E-state index is 5.91. The van der Waals surface area contributed by atoms with E-state index in [4.69, 9.17) is 10.5 Å². The third-order valence-electron chi connectivity index (χ3n) is 3.63. The van der Waals surface area contributed by atoms with Crippen molar-refractivity contribution < 1.29 is 4.74 Å². The number of halogens is 1. The minimum Gasteiger partial charge on any atom is -0.492 e. The molecule has 0 saturated heterocycles. The Bertz CT molecular complexity index is 597. The number of fused-ring (bicyclic) bond motifs is 1. The molecule has 0 bridgehead atoms. The molecule has 2 aromatic rings. The number of ether oxygens (including phenoxy) is 1. The largest absolute Gasteiger partial charge is 0.492 e. The Labute approximate surface area is 121 Å². The summed E-state index contributed by atoms with van der Waals surface area (Å²) >= 11 is 3.53. The second kappa shape index (κ2) is 5.35. The van der Waals surface area contributed by atoms with E-state index in [9.17, 15) is 0 Å². The molecule has 3 heteroatoms. The van der Waals surface area contributed by atoms with Crippen LogP contribution in [-0.4, -0.2) is 6.61 Å². The summed E-state index contributed by atoms with van der Waals surface area (Å²) in [6.45, 7) is 1.28. The molecule has 0 radical (unpaired) electrons. The minimum atomic E-state index is 0.525. The molecular formula is C16H16BrNO. The lowest BCUT2D eigenvalue weighted by molar-refractivity contribution is 0.273. The van der Waals surface area contributed by atoms with Crippen LogP contribution in [0.5, 0.6) is 5.75 Å². The van der Waals surface area contributed by atoms with Gasteiger partial charge in [0.2, 0.25) is 0 Å². The number of nitrogens with two attached hydrogens (primary N) is 1. The molecule has 0 amide bonds. The lowest BCUT2D eigenvalue weighted by Crippen LogP contribution is -2.23. The number of hydrogen-bond donors (Lipinski definition) is 1. The lowest BCUT2D eigenvalue weighted by atomic mass is 9.78. The van der Waals surface area contributed by atoms with E-state index in [0.29, 0.717) is 12.5 Å². The van der Waals surface area contributed by atoms with Crippen LogP contribution in [0.15, 0.2) is 46.9 Å². The molecule has 0 saturated carbocycles. The van der Waals surface area contributed by atoms with Crippen molar-refractivity contribution in [2.75, 3.05) is 6.61 Å². The maximum absolute atomic E-state index is 5.91. The first-order valence-corrected chi connectivity index (χ1v) is 7.26. The van der Waals surface area contributed by atoms with Crippen LogP contribution in [0.1, 0.15) is 22.6 Å². The van der Waals surface area contributed by atoms with Gasteiger partial charge < -0.3 is 10.5 Å². The van der Waals surface area contributed by atoms with Gasteiger partial charge >= 0.3 is 0 Å². The molecule has 2 nitrogen and oxygen atoms in total. The zero-order chi connectivity index (χ0) is 13.2. The van der Waals surface area contributed by atoms with Crippen molar-refractivity contribution in [2.24, 2.45) is 5.73 Å². The molecule has 1 aliphatic carbocycles. The number of rotatable bonds is 4. The predicted octanol–water partition coefficient (Wildman–Crippen LogP) is 3.63. The summed E-state index contributed by atoms with van der Waals surface area (Å²) in [4.78, 5) is 0. The number of benzene rings is 2. The van der Waals surface area contributed by atoms with Crippen molar-refractivity contribution in [3.8, 4) is 5.75 Å². The fraction of sp³-hybridized carbons (Fsp3) is 0.250. The Morgan fingerprint density at radius 1 is 1.21 bits per heavy atom. The molecular weight excluding hydrogens is 302 g/mol. The summed E-state index contributed by atoms with van der Waals surface area (Å²) in [6.07, 6.45) is 1.12. The van der Waals surface area contributed by atoms with Crippen LogP contribution in [0.2, 0.25) is 0 Å². The van der Waals surface area contributed by atoms with Crippen LogP contribution in [-0.2, 0) is 13.0 Å².